The van der Waals surface area contributed by atoms with Gasteiger partial charge in [-0.15, -0.1) is 23.2 Å². The molecular weight excluding hydrogens is 179 g/mol. The van der Waals surface area contributed by atoms with Crippen molar-refractivity contribution in [1.29, 1.82) is 0 Å². The van der Waals surface area contributed by atoms with Gasteiger partial charge in [-0.1, -0.05) is 18.2 Å². The van der Waals surface area contributed by atoms with Crippen LogP contribution in [0, 0.1) is 13.8 Å². The maximum absolute atomic E-state index is 5.78. The van der Waals surface area contributed by atoms with Crippen molar-refractivity contribution in [1.82, 2.24) is 0 Å². The fourth-order valence-electron chi connectivity index (χ4n) is 1.17. The molecule has 0 aliphatic carbocycles. The molecule has 0 atom stereocenters. The van der Waals surface area contributed by atoms with Crippen molar-refractivity contribution in [2.75, 3.05) is 0 Å². The highest BCUT2D eigenvalue weighted by molar-refractivity contribution is 6.44. The van der Waals surface area contributed by atoms with E-state index in [1.807, 2.05) is 32.0 Å². The first kappa shape index (κ1) is 8.89. The Morgan fingerprint density at radius 3 is 1.82 bits per heavy atom. The molecule has 0 aliphatic heterocycles. The maximum atomic E-state index is 5.78. The first-order valence-corrected chi connectivity index (χ1v) is 4.34. The van der Waals surface area contributed by atoms with Gasteiger partial charge < -0.3 is 0 Å². The zero-order valence-corrected chi connectivity index (χ0v) is 8.08. The molecule has 0 bridgehead atoms. The second-order valence-corrected chi connectivity index (χ2v) is 3.70. The lowest BCUT2D eigenvalue weighted by molar-refractivity contribution is 1.21. The van der Waals surface area contributed by atoms with E-state index in [9.17, 15) is 0 Å². The van der Waals surface area contributed by atoms with Crippen LogP contribution in [-0.4, -0.2) is 0 Å². The summed E-state index contributed by atoms with van der Waals surface area (Å²) in [5.41, 5.74) is 3.34. The van der Waals surface area contributed by atoms with Crippen LogP contribution in [0.5, 0.6) is 0 Å². The molecule has 11 heavy (non-hydrogen) atoms. The lowest BCUT2D eigenvalue weighted by Crippen LogP contribution is -1.91. The first-order chi connectivity index (χ1) is 5.13. The number of rotatable bonds is 1. The summed E-state index contributed by atoms with van der Waals surface area (Å²) in [6, 6.07) is 6.03. The second kappa shape index (κ2) is 3.46. The van der Waals surface area contributed by atoms with Gasteiger partial charge in [-0.3, -0.25) is 0 Å². The van der Waals surface area contributed by atoms with Crippen molar-refractivity contribution in [2.24, 2.45) is 0 Å². The molecule has 2 heteroatoms. The molecule has 1 rings (SSSR count). The van der Waals surface area contributed by atoms with Crippen molar-refractivity contribution >= 4 is 23.2 Å². The molecule has 0 amide bonds. The lowest BCUT2D eigenvalue weighted by atomic mass is 10.1. The lowest BCUT2D eigenvalue weighted by Gasteiger charge is -2.08. The van der Waals surface area contributed by atoms with Gasteiger partial charge in [0.2, 0.25) is 0 Å². The molecule has 0 unspecified atom stereocenters. The van der Waals surface area contributed by atoms with Crippen LogP contribution in [-0.2, 0) is 0 Å². The zero-order chi connectivity index (χ0) is 8.43. The quantitative estimate of drug-likeness (QED) is 0.589. The Kier molecular flexibility index (Phi) is 2.80. The molecule has 0 radical (unpaired) electrons. The second-order valence-electron chi connectivity index (χ2n) is 2.61. The van der Waals surface area contributed by atoms with Crippen LogP contribution in [0.3, 0.4) is 0 Å². The topological polar surface area (TPSA) is 0 Å². The van der Waals surface area contributed by atoms with Crippen LogP contribution in [0.15, 0.2) is 18.2 Å². The highest BCUT2D eigenvalue weighted by atomic mass is 35.5. The molecule has 0 nitrogen and oxygen atoms in total. The van der Waals surface area contributed by atoms with Gasteiger partial charge in [-0.05, 0) is 30.5 Å². The van der Waals surface area contributed by atoms with Crippen molar-refractivity contribution in [3.05, 3.63) is 34.9 Å². The maximum Gasteiger partial charge on any atom is 0.133 e. The van der Waals surface area contributed by atoms with E-state index in [-0.39, 0.29) is 0 Å². The average molecular weight is 189 g/mol. The van der Waals surface area contributed by atoms with E-state index in [0.717, 1.165) is 16.7 Å². The monoisotopic (exact) mass is 188 g/mol. The van der Waals surface area contributed by atoms with Crippen molar-refractivity contribution in [3.63, 3.8) is 0 Å². The smallest absolute Gasteiger partial charge is 0.100 e. The van der Waals surface area contributed by atoms with E-state index >= 15 is 0 Å². The summed E-state index contributed by atoms with van der Waals surface area (Å²) in [5.74, 6) is 0. The van der Waals surface area contributed by atoms with Crippen LogP contribution in [0.1, 0.15) is 21.5 Å². The normalized spacial score (nSPS) is 10.6. The molecule has 0 N–H and O–H groups in total. The third kappa shape index (κ3) is 1.88. The Balaban J connectivity index is 3.21. The third-order valence-corrected chi connectivity index (χ3v) is 2.20. The summed E-state index contributed by atoms with van der Waals surface area (Å²) in [6.45, 7) is 4.03. The minimum Gasteiger partial charge on any atom is -0.100 e. The number of benzene rings is 1. The van der Waals surface area contributed by atoms with Crippen molar-refractivity contribution in [2.45, 2.75) is 18.7 Å². The van der Waals surface area contributed by atoms with Gasteiger partial charge >= 0.3 is 0 Å². The summed E-state index contributed by atoms with van der Waals surface area (Å²) in [4.78, 5) is -0.406. The number of hydrogen-bond acceptors (Lipinski definition) is 0. The van der Waals surface area contributed by atoms with Gasteiger partial charge in [-0.2, -0.15) is 0 Å². The fourth-order valence-corrected chi connectivity index (χ4v) is 1.86. The molecule has 0 saturated carbocycles. The highest BCUT2D eigenvalue weighted by Crippen LogP contribution is 2.29. The molecule has 0 spiro atoms. The van der Waals surface area contributed by atoms with Gasteiger partial charge in [0.15, 0.2) is 0 Å². The first-order valence-electron chi connectivity index (χ1n) is 3.47. The Hall–Kier alpha value is -0.200. The average Bonchev–Trinajstić information content (AvgIpc) is 1.85. The van der Waals surface area contributed by atoms with Gasteiger partial charge in [0.25, 0.3) is 0 Å². The van der Waals surface area contributed by atoms with E-state index in [2.05, 4.69) is 0 Å². The Morgan fingerprint density at radius 1 is 1.09 bits per heavy atom. The Morgan fingerprint density at radius 2 is 1.55 bits per heavy atom. The van der Waals surface area contributed by atoms with Crippen LogP contribution >= 0.6 is 23.2 Å². The molecule has 60 valence electrons. The molecule has 0 aromatic heterocycles. The Labute approximate surface area is 77.1 Å². The third-order valence-electron chi connectivity index (χ3n) is 1.76. The molecule has 1 aromatic rings. The summed E-state index contributed by atoms with van der Waals surface area (Å²) in [5, 5.41) is 0. The van der Waals surface area contributed by atoms with Gasteiger partial charge in [0.05, 0.1) is 0 Å². The van der Waals surface area contributed by atoms with Crippen LogP contribution in [0.2, 0.25) is 0 Å². The summed E-state index contributed by atoms with van der Waals surface area (Å²) >= 11 is 11.6. The van der Waals surface area contributed by atoms with Crippen LogP contribution in [0.4, 0.5) is 0 Å². The van der Waals surface area contributed by atoms with Gasteiger partial charge in [0.1, 0.15) is 4.84 Å². The predicted octanol–water partition coefficient (Wildman–Crippen LogP) is 3.78. The minimum absolute atomic E-state index is 0.406. The van der Waals surface area contributed by atoms with E-state index < -0.39 is 4.84 Å². The molecular formula is C9H10Cl2. The van der Waals surface area contributed by atoms with Gasteiger partial charge in [0, 0.05) is 0 Å². The highest BCUT2D eigenvalue weighted by Gasteiger charge is 2.08. The standard InChI is InChI=1S/C9H10Cl2/c1-6-4-3-5-7(2)8(6)9(10)11/h3-5,9H,1-2H3. The molecule has 0 fully saturated rings. The van der Waals surface area contributed by atoms with Crippen LogP contribution < -0.4 is 0 Å². The number of alkyl halides is 2. The summed E-state index contributed by atoms with van der Waals surface area (Å²) in [6.07, 6.45) is 0. The number of halogens is 2. The van der Waals surface area contributed by atoms with E-state index in [4.69, 9.17) is 23.2 Å². The predicted molar refractivity (Wildman–Crippen MR) is 50.4 cm³/mol. The summed E-state index contributed by atoms with van der Waals surface area (Å²) in [7, 11) is 0. The Bertz CT molecular complexity index is 233. The fraction of sp³-hybridized carbons (Fsp3) is 0.333. The zero-order valence-electron chi connectivity index (χ0n) is 6.57. The van der Waals surface area contributed by atoms with E-state index in [1.54, 1.807) is 0 Å². The van der Waals surface area contributed by atoms with E-state index in [0.29, 0.717) is 0 Å². The van der Waals surface area contributed by atoms with Crippen LogP contribution in [0.25, 0.3) is 0 Å². The molecule has 0 aliphatic rings. The molecule has 0 saturated heterocycles. The molecule has 1 aromatic carbocycles. The van der Waals surface area contributed by atoms with E-state index in [1.165, 1.54) is 0 Å². The summed E-state index contributed by atoms with van der Waals surface area (Å²) < 4.78 is 0. The number of aryl methyl sites for hydroxylation is 2. The van der Waals surface area contributed by atoms with Crippen molar-refractivity contribution in [3.8, 4) is 0 Å². The van der Waals surface area contributed by atoms with Crippen molar-refractivity contribution < 1.29 is 0 Å². The minimum atomic E-state index is -0.406. The van der Waals surface area contributed by atoms with Gasteiger partial charge in [-0.25, -0.2) is 0 Å². The largest absolute Gasteiger partial charge is 0.133 e. The number of hydrogen-bond donors (Lipinski definition) is 0. The molecule has 0 heterocycles. The SMILES string of the molecule is Cc1cccc(C)c1C(Cl)Cl.